The van der Waals surface area contributed by atoms with Gasteiger partial charge in [-0.25, -0.2) is 18.7 Å². The van der Waals surface area contributed by atoms with Crippen molar-refractivity contribution in [1.82, 2.24) is 14.5 Å². The van der Waals surface area contributed by atoms with Crippen molar-refractivity contribution >= 4 is 22.8 Å². The highest BCUT2D eigenvalue weighted by Gasteiger charge is 2.38. The lowest BCUT2D eigenvalue weighted by Crippen LogP contribution is -2.15. The Hall–Kier alpha value is -3.82. The van der Waals surface area contributed by atoms with Gasteiger partial charge in [0.05, 0.1) is 5.56 Å². The average Bonchev–Trinajstić information content (AvgIpc) is 3.10. The maximum Gasteiger partial charge on any atom is 0.450 e. The normalized spacial score (nSPS) is 11.6. The lowest BCUT2D eigenvalue weighted by Gasteiger charge is -2.12. The molecule has 0 fully saturated rings. The molecule has 0 spiro atoms. The second kappa shape index (κ2) is 7.21. The number of benzene rings is 2. The Morgan fingerprint density at radius 1 is 1.00 bits per heavy atom. The lowest BCUT2D eigenvalue weighted by atomic mass is 10.2. The fourth-order valence-electron chi connectivity index (χ4n) is 2.91. The van der Waals surface area contributed by atoms with E-state index < -0.39 is 35.1 Å². The number of carbonyl (C=O) groups is 1. The van der Waals surface area contributed by atoms with Crippen LogP contribution in [-0.2, 0) is 6.18 Å². The molecule has 5 nitrogen and oxygen atoms in total. The first-order valence-corrected chi connectivity index (χ1v) is 8.51. The van der Waals surface area contributed by atoms with Gasteiger partial charge in [-0.3, -0.25) is 9.36 Å². The van der Waals surface area contributed by atoms with Crippen LogP contribution in [0, 0.1) is 11.6 Å². The van der Waals surface area contributed by atoms with Crippen molar-refractivity contribution in [3.05, 3.63) is 83.8 Å². The third kappa shape index (κ3) is 3.59. The number of alkyl halides is 3. The van der Waals surface area contributed by atoms with Crippen LogP contribution in [0.15, 0.2) is 60.8 Å². The molecule has 4 aromatic rings. The molecule has 0 atom stereocenters. The van der Waals surface area contributed by atoms with Crippen LogP contribution in [0.2, 0.25) is 0 Å². The highest BCUT2D eigenvalue weighted by atomic mass is 19.4. The van der Waals surface area contributed by atoms with Crippen LogP contribution in [-0.4, -0.2) is 20.4 Å². The Morgan fingerprint density at radius 3 is 2.43 bits per heavy atom. The highest BCUT2D eigenvalue weighted by Crippen LogP contribution is 2.33. The molecule has 1 N–H and O–H groups in total. The molecule has 0 aliphatic rings. The van der Waals surface area contributed by atoms with Crippen LogP contribution < -0.4 is 5.32 Å². The molecule has 0 aliphatic heterocycles. The van der Waals surface area contributed by atoms with E-state index in [0.29, 0.717) is 0 Å². The molecule has 2 aromatic carbocycles. The molecule has 10 heteroatoms. The summed E-state index contributed by atoms with van der Waals surface area (Å²) in [7, 11) is 0. The third-order valence-electron chi connectivity index (χ3n) is 4.23. The predicted molar refractivity (Wildman–Crippen MR) is 98.2 cm³/mol. The summed E-state index contributed by atoms with van der Waals surface area (Å²) in [5.41, 5.74) is -0.118. The molecule has 2 heterocycles. The number of aromatic nitrogens is 3. The third-order valence-corrected chi connectivity index (χ3v) is 4.23. The Bertz CT molecular complexity index is 1250. The van der Waals surface area contributed by atoms with E-state index in [1.54, 1.807) is 0 Å². The molecular formula is C20H11F5N4O. The summed E-state index contributed by atoms with van der Waals surface area (Å²) in [5, 5.41) is 2.37. The first-order chi connectivity index (χ1) is 14.2. The summed E-state index contributed by atoms with van der Waals surface area (Å²) < 4.78 is 68.2. The van der Waals surface area contributed by atoms with E-state index in [1.165, 1.54) is 42.6 Å². The molecule has 0 radical (unpaired) electrons. The van der Waals surface area contributed by atoms with Crippen molar-refractivity contribution < 1.29 is 26.7 Å². The fraction of sp³-hybridized carbons (Fsp3) is 0.0500. The van der Waals surface area contributed by atoms with Crippen molar-refractivity contribution in [2.75, 3.05) is 5.32 Å². The fourth-order valence-corrected chi connectivity index (χ4v) is 2.91. The number of hydrogen-bond acceptors (Lipinski definition) is 3. The van der Waals surface area contributed by atoms with Crippen molar-refractivity contribution in [1.29, 1.82) is 0 Å². The number of nitrogens with one attached hydrogen (secondary N) is 1. The monoisotopic (exact) mass is 418 g/mol. The number of fused-ring (bicyclic) bond motifs is 1. The van der Waals surface area contributed by atoms with E-state index in [4.69, 9.17) is 0 Å². The van der Waals surface area contributed by atoms with Gasteiger partial charge in [0.2, 0.25) is 5.82 Å². The van der Waals surface area contributed by atoms with Gasteiger partial charge in [0, 0.05) is 17.6 Å². The predicted octanol–water partition coefficient (Wildman–Crippen LogP) is 4.97. The van der Waals surface area contributed by atoms with E-state index in [0.717, 1.165) is 22.8 Å². The zero-order chi connectivity index (χ0) is 21.5. The molecule has 152 valence electrons. The summed E-state index contributed by atoms with van der Waals surface area (Å²) in [4.78, 5) is 19.8. The van der Waals surface area contributed by atoms with Gasteiger partial charge in [0.1, 0.15) is 17.2 Å². The Morgan fingerprint density at radius 2 is 1.73 bits per heavy atom. The molecule has 2 aromatic heterocycles. The molecule has 30 heavy (non-hydrogen) atoms. The SMILES string of the molecule is O=C(Nc1ccc(-n2c(C(F)(F)F)nc3cccnc32)cc1)c1cc(F)ccc1F. The minimum Gasteiger partial charge on any atom is -0.322 e. The van der Waals surface area contributed by atoms with Crippen molar-refractivity contribution in [2.45, 2.75) is 6.18 Å². The van der Waals surface area contributed by atoms with E-state index in [-0.39, 0.29) is 22.5 Å². The zero-order valence-electron chi connectivity index (χ0n) is 14.9. The smallest absolute Gasteiger partial charge is 0.322 e. The quantitative estimate of drug-likeness (QED) is 0.478. The molecule has 0 aliphatic carbocycles. The summed E-state index contributed by atoms with van der Waals surface area (Å²) in [5.74, 6) is -3.73. The number of hydrogen-bond donors (Lipinski definition) is 1. The molecule has 0 saturated carbocycles. The van der Waals surface area contributed by atoms with Gasteiger partial charge < -0.3 is 5.32 Å². The standard InChI is InChI=1S/C20H11F5N4O/c21-11-3-8-15(22)14(10-11)18(30)27-12-4-6-13(7-5-12)29-17-16(2-1-9-26-17)28-19(29)20(23,24)25/h1-10H,(H,27,30). The Balaban J connectivity index is 1.68. The van der Waals surface area contributed by atoms with Gasteiger partial charge in [-0.05, 0) is 54.6 Å². The van der Waals surface area contributed by atoms with Crippen molar-refractivity contribution in [3.8, 4) is 5.69 Å². The van der Waals surface area contributed by atoms with Crippen molar-refractivity contribution in [3.63, 3.8) is 0 Å². The highest BCUT2D eigenvalue weighted by molar-refractivity contribution is 6.04. The minimum atomic E-state index is -4.72. The number of pyridine rings is 1. The molecule has 0 unspecified atom stereocenters. The van der Waals surface area contributed by atoms with Gasteiger partial charge in [0.15, 0.2) is 5.65 Å². The van der Waals surface area contributed by atoms with Crippen LogP contribution in [0.1, 0.15) is 16.2 Å². The molecule has 1 amide bonds. The number of rotatable bonds is 3. The van der Waals surface area contributed by atoms with Crippen molar-refractivity contribution in [2.24, 2.45) is 0 Å². The maximum absolute atomic E-state index is 13.7. The number of amides is 1. The van der Waals surface area contributed by atoms with Crippen LogP contribution in [0.3, 0.4) is 0 Å². The number of anilines is 1. The molecule has 0 bridgehead atoms. The van der Waals surface area contributed by atoms with E-state index in [1.807, 2.05) is 0 Å². The Kier molecular flexibility index (Phi) is 4.69. The van der Waals surface area contributed by atoms with Crippen LogP contribution >= 0.6 is 0 Å². The number of nitrogens with zero attached hydrogens (tertiary/aromatic N) is 3. The average molecular weight is 418 g/mol. The van der Waals surface area contributed by atoms with Crippen LogP contribution in [0.4, 0.5) is 27.6 Å². The van der Waals surface area contributed by atoms with E-state index >= 15 is 0 Å². The number of imidazole rings is 1. The van der Waals surface area contributed by atoms with Gasteiger partial charge in [0.25, 0.3) is 5.91 Å². The van der Waals surface area contributed by atoms with Gasteiger partial charge >= 0.3 is 6.18 Å². The Labute approximate surface area is 165 Å². The molecular weight excluding hydrogens is 407 g/mol. The summed E-state index contributed by atoms with van der Waals surface area (Å²) in [6.07, 6.45) is -3.37. The maximum atomic E-state index is 13.7. The number of carbonyl (C=O) groups excluding carboxylic acids is 1. The van der Waals surface area contributed by atoms with Gasteiger partial charge in [-0.15, -0.1) is 0 Å². The summed E-state index contributed by atoms with van der Waals surface area (Å²) >= 11 is 0. The topological polar surface area (TPSA) is 59.8 Å². The minimum absolute atomic E-state index is 0.0171. The second-order valence-electron chi connectivity index (χ2n) is 6.24. The first-order valence-electron chi connectivity index (χ1n) is 8.51. The first kappa shape index (κ1) is 19.5. The van der Waals surface area contributed by atoms with Crippen LogP contribution in [0.5, 0.6) is 0 Å². The van der Waals surface area contributed by atoms with Gasteiger partial charge in [-0.2, -0.15) is 13.2 Å². The summed E-state index contributed by atoms with van der Waals surface area (Å²) in [6.45, 7) is 0. The largest absolute Gasteiger partial charge is 0.450 e. The molecule has 4 rings (SSSR count). The lowest BCUT2D eigenvalue weighted by molar-refractivity contribution is -0.145. The summed E-state index contributed by atoms with van der Waals surface area (Å²) in [6, 6.07) is 10.6. The van der Waals surface area contributed by atoms with E-state index in [2.05, 4.69) is 15.3 Å². The van der Waals surface area contributed by atoms with Crippen LogP contribution in [0.25, 0.3) is 16.9 Å². The molecule has 0 saturated heterocycles. The zero-order valence-corrected chi connectivity index (χ0v) is 14.9. The number of halogens is 5. The van der Waals surface area contributed by atoms with E-state index in [9.17, 15) is 26.7 Å². The second-order valence-corrected chi connectivity index (χ2v) is 6.24. The van der Waals surface area contributed by atoms with Gasteiger partial charge in [-0.1, -0.05) is 0 Å².